The fourth-order valence-electron chi connectivity index (χ4n) is 2.58. The van der Waals surface area contributed by atoms with E-state index in [9.17, 15) is 14.4 Å². The molecule has 2 fully saturated rings. The number of hydrogen-bond acceptors (Lipinski definition) is 4. The molecule has 2 amide bonds. The van der Waals surface area contributed by atoms with E-state index in [0.29, 0.717) is 25.7 Å². The molecule has 0 radical (unpaired) electrons. The molecule has 1 saturated carbocycles. The number of cyclic esters (lactones) is 1. The van der Waals surface area contributed by atoms with Gasteiger partial charge in [0.15, 0.2) is 5.60 Å². The van der Waals surface area contributed by atoms with Crippen molar-refractivity contribution in [2.75, 3.05) is 0 Å². The van der Waals surface area contributed by atoms with E-state index in [1.807, 2.05) is 0 Å². The van der Waals surface area contributed by atoms with Gasteiger partial charge in [0.05, 0.1) is 5.92 Å². The Morgan fingerprint density at radius 2 is 1.83 bits per heavy atom. The number of nitrogens with zero attached hydrogens (tertiary/aromatic N) is 1. The molecule has 0 spiro atoms. The van der Waals surface area contributed by atoms with Crippen LogP contribution in [0.1, 0.15) is 39.5 Å². The second kappa shape index (κ2) is 4.26. The lowest BCUT2D eigenvalue weighted by Crippen LogP contribution is -2.45. The van der Waals surface area contributed by atoms with Crippen LogP contribution in [0.4, 0.5) is 4.79 Å². The predicted molar refractivity (Wildman–Crippen MR) is 60.8 cm³/mol. The van der Waals surface area contributed by atoms with Crippen molar-refractivity contribution >= 4 is 18.0 Å². The average Bonchev–Trinajstić information content (AvgIpc) is 2.48. The highest BCUT2D eigenvalue weighted by molar-refractivity contribution is 6.02. The summed E-state index contributed by atoms with van der Waals surface area (Å²) in [5.41, 5.74) is -1.10. The number of ether oxygens (including phenoxy) is 1. The molecule has 6 nitrogen and oxygen atoms in total. The normalized spacial score (nSPS) is 31.3. The molecule has 6 heteroatoms. The summed E-state index contributed by atoms with van der Waals surface area (Å²) in [6.07, 6.45) is 1.46. The molecule has 2 rings (SSSR count). The van der Waals surface area contributed by atoms with Crippen molar-refractivity contribution < 1.29 is 24.2 Å². The van der Waals surface area contributed by atoms with Gasteiger partial charge in [-0.05, 0) is 39.5 Å². The first kappa shape index (κ1) is 12.9. The van der Waals surface area contributed by atoms with Gasteiger partial charge in [-0.1, -0.05) is 0 Å². The summed E-state index contributed by atoms with van der Waals surface area (Å²) < 4.78 is 5.02. The minimum Gasteiger partial charge on any atom is -0.481 e. The number of imide groups is 1. The molecular formula is C12H17NO5. The third-order valence-corrected chi connectivity index (χ3v) is 3.68. The van der Waals surface area contributed by atoms with E-state index in [2.05, 4.69) is 0 Å². The van der Waals surface area contributed by atoms with Crippen LogP contribution in [-0.2, 0) is 14.3 Å². The number of aliphatic carboxylic acids is 1. The summed E-state index contributed by atoms with van der Waals surface area (Å²) >= 11 is 0. The van der Waals surface area contributed by atoms with Gasteiger partial charge < -0.3 is 9.84 Å². The Hall–Kier alpha value is -1.59. The van der Waals surface area contributed by atoms with Gasteiger partial charge in [0.2, 0.25) is 0 Å². The molecule has 18 heavy (non-hydrogen) atoms. The molecule has 0 atom stereocenters. The van der Waals surface area contributed by atoms with Gasteiger partial charge in [0, 0.05) is 6.04 Å². The highest BCUT2D eigenvalue weighted by atomic mass is 16.6. The van der Waals surface area contributed by atoms with E-state index in [1.165, 1.54) is 0 Å². The Labute approximate surface area is 105 Å². The molecule has 1 saturated heterocycles. The van der Waals surface area contributed by atoms with E-state index in [-0.39, 0.29) is 17.9 Å². The van der Waals surface area contributed by atoms with E-state index < -0.39 is 17.7 Å². The Balaban J connectivity index is 2.04. The Morgan fingerprint density at radius 1 is 1.28 bits per heavy atom. The zero-order valence-electron chi connectivity index (χ0n) is 10.5. The minimum absolute atomic E-state index is 0.220. The summed E-state index contributed by atoms with van der Waals surface area (Å²) in [7, 11) is 0. The van der Waals surface area contributed by atoms with Gasteiger partial charge in [-0.25, -0.2) is 9.69 Å². The number of carbonyl (C=O) groups excluding carboxylic acids is 2. The van der Waals surface area contributed by atoms with Gasteiger partial charge >= 0.3 is 12.1 Å². The first-order chi connectivity index (χ1) is 8.33. The lowest BCUT2D eigenvalue weighted by atomic mass is 9.85. The first-order valence-electron chi connectivity index (χ1n) is 6.12. The molecule has 0 unspecified atom stereocenters. The van der Waals surface area contributed by atoms with Crippen molar-refractivity contribution in [3.05, 3.63) is 0 Å². The average molecular weight is 255 g/mol. The second-order valence-corrected chi connectivity index (χ2v) is 5.40. The summed E-state index contributed by atoms with van der Waals surface area (Å²) in [5.74, 6) is -1.49. The maximum Gasteiger partial charge on any atom is 0.417 e. The summed E-state index contributed by atoms with van der Waals surface area (Å²) in [4.78, 5) is 35.7. The SMILES string of the molecule is CC1(C)OC(=O)N(C2CCC(C(=O)O)CC2)C1=O. The fourth-order valence-corrected chi connectivity index (χ4v) is 2.58. The van der Waals surface area contributed by atoms with Crippen LogP contribution in [0, 0.1) is 5.92 Å². The van der Waals surface area contributed by atoms with Crippen LogP contribution in [0.25, 0.3) is 0 Å². The Morgan fingerprint density at radius 3 is 2.22 bits per heavy atom. The van der Waals surface area contributed by atoms with E-state index in [4.69, 9.17) is 9.84 Å². The van der Waals surface area contributed by atoms with Gasteiger partial charge in [0.1, 0.15) is 0 Å². The molecule has 0 aromatic rings. The lowest BCUT2D eigenvalue weighted by molar-refractivity contribution is -0.143. The van der Waals surface area contributed by atoms with Crippen LogP contribution in [-0.4, -0.2) is 39.6 Å². The van der Waals surface area contributed by atoms with Crippen LogP contribution >= 0.6 is 0 Å². The van der Waals surface area contributed by atoms with Gasteiger partial charge in [0.25, 0.3) is 5.91 Å². The van der Waals surface area contributed by atoms with Crippen molar-refractivity contribution in [1.29, 1.82) is 0 Å². The third kappa shape index (κ3) is 2.07. The van der Waals surface area contributed by atoms with Crippen molar-refractivity contribution in [2.45, 2.75) is 51.2 Å². The molecule has 0 aromatic carbocycles. The van der Waals surface area contributed by atoms with Crippen molar-refractivity contribution in [3.8, 4) is 0 Å². The number of rotatable bonds is 2. The van der Waals surface area contributed by atoms with Crippen molar-refractivity contribution in [3.63, 3.8) is 0 Å². The Bertz CT molecular complexity index is 395. The predicted octanol–water partition coefficient (Wildman–Crippen LogP) is 1.39. The molecule has 0 bridgehead atoms. The highest BCUT2D eigenvalue weighted by Crippen LogP contribution is 2.33. The fraction of sp³-hybridized carbons (Fsp3) is 0.750. The standard InChI is InChI=1S/C12H17NO5/c1-12(2)10(16)13(11(17)18-12)8-5-3-7(4-6-8)9(14)15/h7-8H,3-6H2,1-2H3,(H,14,15). The molecule has 1 aliphatic heterocycles. The number of carboxylic acids is 1. The lowest BCUT2D eigenvalue weighted by Gasteiger charge is -2.30. The highest BCUT2D eigenvalue weighted by Gasteiger charge is 2.50. The zero-order valence-corrected chi connectivity index (χ0v) is 10.5. The number of carboxylic acid groups (broad SMARTS) is 1. The van der Waals surface area contributed by atoms with Crippen LogP contribution < -0.4 is 0 Å². The van der Waals surface area contributed by atoms with Crippen LogP contribution in [0.3, 0.4) is 0 Å². The molecule has 100 valence electrons. The first-order valence-corrected chi connectivity index (χ1v) is 6.12. The summed E-state index contributed by atoms with van der Waals surface area (Å²) in [5, 5.41) is 8.90. The summed E-state index contributed by atoms with van der Waals surface area (Å²) in [6, 6.07) is -0.220. The molecule has 1 aliphatic carbocycles. The van der Waals surface area contributed by atoms with E-state index >= 15 is 0 Å². The molecule has 0 aromatic heterocycles. The van der Waals surface area contributed by atoms with Gasteiger partial charge in [-0.2, -0.15) is 0 Å². The van der Waals surface area contributed by atoms with E-state index in [1.54, 1.807) is 13.8 Å². The smallest absolute Gasteiger partial charge is 0.417 e. The monoisotopic (exact) mass is 255 g/mol. The molecule has 1 N–H and O–H groups in total. The molecule has 2 aliphatic rings. The quantitative estimate of drug-likeness (QED) is 0.806. The van der Waals surface area contributed by atoms with Crippen LogP contribution in [0.5, 0.6) is 0 Å². The molecule has 1 heterocycles. The summed E-state index contributed by atoms with van der Waals surface area (Å²) in [6.45, 7) is 3.13. The molecular weight excluding hydrogens is 238 g/mol. The van der Waals surface area contributed by atoms with Crippen LogP contribution in [0.2, 0.25) is 0 Å². The largest absolute Gasteiger partial charge is 0.481 e. The van der Waals surface area contributed by atoms with Crippen molar-refractivity contribution in [1.82, 2.24) is 4.90 Å². The van der Waals surface area contributed by atoms with Crippen LogP contribution in [0.15, 0.2) is 0 Å². The van der Waals surface area contributed by atoms with Gasteiger partial charge in [-0.3, -0.25) is 9.59 Å². The maximum atomic E-state index is 12.0. The number of hydrogen-bond donors (Lipinski definition) is 1. The minimum atomic E-state index is -1.10. The second-order valence-electron chi connectivity index (χ2n) is 5.40. The van der Waals surface area contributed by atoms with Gasteiger partial charge in [-0.15, -0.1) is 0 Å². The van der Waals surface area contributed by atoms with Crippen molar-refractivity contribution in [2.24, 2.45) is 5.92 Å². The Kier molecular flexibility index (Phi) is 3.04. The third-order valence-electron chi connectivity index (χ3n) is 3.68. The maximum absolute atomic E-state index is 12.0. The number of amides is 2. The topological polar surface area (TPSA) is 83.9 Å². The number of carbonyl (C=O) groups is 3. The van der Waals surface area contributed by atoms with E-state index in [0.717, 1.165) is 4.90 Å². The zero-order chi connectivity index (χ0) is 13.5.